The summed E-state index contributed by atoms with van der Waals surface area (Å²) in [6.45, 7) is 0.887. The van der Waals surface area contributed by atoms with Crippen molar-refractivity contribution in [1.82, 2.24) is 9.88 Å². The molecule has 1 atom stereocenters. The van der Waals surface area contributed by atoms with Crippen LogP contribution in [0.25, 0.3) is 21.8 Å². The SMILES string of the molecule is NS(=O)(=O)CC1CCCN(C(=O)c2cccc3c(=O)c4ccccc4[nH]c23)C1. The van der Waals surface area contributed by atoms with Gasteiger partial charge in [0.25, 0.3) is 5.91 Å². The molecule has 0 aliphatic carbocycles. The van der Waals surface area contributed by atoms with Crippen molar-refractivity contribution in [3.8, 4) is 0 Å². The number of likely N-dealkylation sites (tertiary alicyclic amines) is 1. The van der Waals surface area contributed by atoms with E-state index < -0.39 is 10.0 Å². The molecule has 0 bridgehead atoms. The molecule has 4 rings (SSSR count). The Balaban J connectivity index is 1.74. The van der Waals surface area contributed by atoms with Crippen LogP contribution in [0.5, 0.6) is 0 Å². The van der Waals surface area contributed by atoms with Crippen molar-refractivity contribution < 1.29 is 13.2 Å². The van der Waals surface area contributed by atoms with Crippen molar-refractivity contribution in [1.29, 1.82) is 0 Å². The maximum Gasteiger partial charge on any atom is 0.255 e. The summed E-state index contributed by atoms with van der Waals surface area (Å²) in [5.41, 5.74) is 1.47. The smallest absolute Gasteiger partial charge is 0.255 e. The van der Waals surface area contributed by atoms with Crippen molar-refractivity contribution in [2.24, 2.45) is 11.1 Å². The second-order valence-corrected chi connectivity index (χ2v) is 8.98. The summed E-state index contributed by atoms with van der Waals surface area (Å²) in [5, 5.41) is 6.21. The molecule has 8 heteroatoms. The summed E-state index contributed by atoms with van der Waals surface area (Å²) in [6, 6.07) is 12.3. The molecule has 0 saturated carbocycles. The predicted molar refractivity (Wildman–Crippen MR) is 109 cm³/mol. The monoisotopic (exact) mass is 399 g/mol. The summed E-state index contributed by atoms with van der Waals surface area (Å²) < 4.78 is 22.8. The van der Waals surface area contributed by atoms with Crippen molar-refractivity contribution in [2.45, 2.75) is 12.8 Å². The van der Waals surface area contributed by atoms with Crippen LogP contribution in [0, 0.1) is 5.92 Å². The number of H-pyrrole nitrogens is 1. The Hall–Kier alpha value is -2.71. The van der Waals surface area contributed by atoms with Crippen molar-refractivity contribution >= 4 is 37.7 Å². The fourth-order valence-electron chi connectivity index (χ4n) is 4.01. The molecule has 1 aromatic heterocycles. The van der Waals surface area contributed by atoms with E-state index >= 15 is 0 Å². The molecule has 1 aliphatic rings. The second-order valence-electron chi connectivity index (χ2n) is 7.32. The molecule has 7 nitrogen and oxygen atoms in total. The van der Waals surface area contributed by atoms with Gasteiger partial charge < -0.3 is 9.88 Å². The van der Waals surface area contributed by atoms with Gasteiger partial charge in [-0.1, -0.05) is 18.2 Å². The molecule has 1 unspecified atom stereocenters. The van der Waals surface area contributed by atoms with Crippen molar-refractivity contribution in [3.05, 3.63) is 58.3 Å². The lowest BCUT2D eigenvalue weighted by Gasteiger charge is -2.32. The fraction of sp³-hybridized carbons (Fsp3) is 0.300. The van der Waals surface area contributed by atoms with Crippen LogP contribution in [0.1, 0.15) is 23.2 Å². The molecule has 1 saturated heterocycles. The Morgan fingerprint density at radius 2 is 1.89 bits per heavy atom. The van der Waals surface area contributed by atoms with Gasteiger partial charge in [0.05, 0.1) is 16.8 Å². The predicted octanol–water partition coefficient (Wildman–Crippen LogP) is 1.82. The van der Waals surface area contributed by atoms with E-state index in [4.69, 9.17) is 5.14 Å². The first-order chi connectivity index (χ1) is 13.3. The van der Waals surface area contributed by atoms with Crippen molar-refractivity contribution in [3.63, 3.8) is 0 Å². The van der Waals surface area contributed by atoms with Gasteiger partial charge in [-0.05, 0) is 43.0 Å². The Morgan fingerprint density at radius 1 is 1.14 bits per heavy atom. The summed E-state index contributed by atoms with van der Waals surface area (Å²) in [5.74, 6) is -0.522. The average Bonchev–Trinajstić information content (AvgIpc) is 2.66. The highest BCUT2D eigenvalue weighted by Crippen LogP contribution is 2.23. The standard InChI is InChI=1S/C20H21N3O4S/c21-28(26,27)12-13-5-4-10-23(11-13)20(25)16-8-3-7-15-18(16)22-17-9-2-1-6-14(17)19(15)24/h1-3,6-9,13H,4-5,10-12H2,(H,22,24)(H2,21,26,27). The van der Waals surface area contributed by atoms with E-state index in [1.54, 1.807) is 41.3 Å². The Bertz CT molecular complexity index is 1230. The number of fused-ring (bicyclic) bond motifs is 2. The number of nitrogens with one attached hydrogen (secondary N) is 1. The van der Waals surface area contributed by atoms with E-state index in [1.165, 1.54) is 0 Å². The van der Waals surface area contributed by atoms with Gasteiger partial charge in [0, 0.05) is 29.4 Å². The number of hydrogen-bond acceptors (Lipinski definition) is 4. The number of nitrogens with two attached hydrogens (primary N) is 1. The van der Waals surface area contributed by atoms with Gasteiger partial charge in [0.1, 0.15) is 0 Å². The van der Waals surface area contributed by atoms with Crippen LogP contribution in [0.15, 0.2) is 47.3 Å². The second kappa shape index (κ2) is 7.03. The third kappa shape index (κ3) is 3.53. The first kappa shape index (κ1) is 18.6. The molecule has 2 heterocycles. The summed E-state index contributed by atoms with van der Waals surface area (Å²) in [6.07, 6.45) is 1.44. The first-order valence-electron chi connectivity index (χ1n) is 9.17. The van der Waals surface area contributed by atoms with E-state index in [1.807, 2.05) is 6.07 Å². The normalized spacial score (nSPS) is 17.9. The third-order valence-electron chi connectivity index (χ3n) is 5.25. The number of hydrogen-bond donors (Lipinski definition) is 2. The zero-order chi connectivity index (χ0) is 19.9. The van der Waals surface area contributed by atoms with Crippen LogP contribution >= 0.6 is 0 Å². The lowest BCUT2D eigenvalue weighted by Crippen LogP contribution is -2.42. The minimum absolute atomic E-state index is 0.121. The molecular formula is C20H21N3O4S. The summed E-state index contributed by atoms with van der Waals surface area (Å²) in [7, 11) is -3.59. The topological polar surface area (TPSA) is 113 Å². The molecule has 0 spiro atoms. The number of primary sulfonamides is 1. The molecular weight excluding hydrogens is 378 g/mol. The molecule has 2 aromatic carbocycles. The molecule has 3 aromatic rings. The number of carbonyl (C=O) groups is 1. The number of aromatic amines is 1. The fourth-order valence-corrected chi connectivity index (χ4v) is 4.94. The van der Waals surface area contributed by atoms with Gasteiger partial charge in [-0.2, -0.15) is 0 Å². The van der Waals surface area contributed by atoms with Crippen LogP contribution in [0.4, 0.5) is 0 Å². The van der Waals surface area contributed by atoms with E-state index in [0.29, 0.717) is 40.5 Å². The molecule has 1 fully saturated rings. The minimum atomic E-state index is -3.59. The first-order valence-corrected chi connectivity index (χ1v) is 10.9. The van der Waals surface area contributed by atoms with Crippen LogP contribution in [0.3, 0.4) is 0 Å². The maximum absolute atomic E-state index is 13.2. The Kier molecular flexibility index (Phi) is 4.68. The number of amides is 1. The number of pyridine rings is 1. The van der Waals surface area contributed by atoms with Crippen LogP contribution in [-0.4, -0.2) is 43.1 Å². The van der Waals surface area contributed by atoms with E-state index in [9.17, 15) is 18.0 Å². The highest BCUT2D eigenvalue weighted by molar-refractivity contribution is 7.89. The maximum atomic E-state index is 13.2. The number of aromatic nitrogens is 1. The van der Waals surface area contributed by atoms with Crippen LogP contribution in [0.2, 0.25) is 0 Å². The molecule has 1 aliphatic heterocycles. The number of nitrogens with zero attached hydrogens (tertiary/aromatic N) is 1. The summed E-state index contributed by atoms with van der Waals surface area (Å²) >= 11 is 0. The largest absolute Gasteiger partial charge is 0.354 e. The van der Waals surface area contributed by atoms with Gasteiger partial charge >= 0.3 is 0 Å². The van der Waals surface area contributed by atoms with Gasteiger partial charge in [-0.3, -0.25) is 9.59 Å². The number of piperidine rings is 1. The summed E-state index contributed by atoms with van der Waals surface area (Å²) in [4.78, 5) is 30.9. The zero-order valence-electron chi connectivity index (χ0n) is 15.2. The third-order valence-corrected chi connectivity index (χ3v) is 6.18. The number of carbonyl (C=O) groups excluding carboxylic acids is 1. The van der Waals surface area contributed by atoms with Crippen LogP contribution < -0.4 is 10.6 Å². The van der Waals surface area contributed by atoms with E-state index in [2.05, 4.69) is 4.98 Å². The van der Waals surface area contributed by atoms with E-state index in [-0.39, 0.29) is 23.0 Å². The van der Waals surface area contributed by atoms with Crippen LogP contribution in [-0.2, 0) is 10.0 Å². The highest BCUT2D eigenvalue weighted by atomic mass is 32.2. The quantitative estimate of drug-likeness (QED) is 0.654. The van der Waals surface area contributed by atoms with E-state index in [0.717, 1.165) is 12.8 Å². The Morgan fingerprint density at radius 3 is 2.68 bits per heavy atom. The number of benzene rings is 2. The lowest BCUT2D eigenvalue weighted by molar-refractivity contribution is 0.0686. The van der Waals surface area contributed by atoms with Gasteiger partial charge in [0.15, 0.2) is 5.43 Å². The zero-order valence-corrected chi connectivity index (χ0v) is 16.0. The molecule has 28 heavy (non-hydrogen) atoms. The lowest BCUT2D eigenvalue weighted by atomic mass is 9.98. The molecule has 1 amide bonds. The molecule has 146 valence electrons. The highest BCUT2D eigenvalue weighted by Gasteiger charge is 2.28. The average molecular weight is 399 g/mol. The molecule has 0 radical (unpaired) electrons. The number of sulfonamides is 1. The minimum Gasteiger partial charge on any atom is -0.354 e. The number of para-hydroxylation sites is 2. The number of rotatable bonds is 3. The Labute approximate surface area is 162 Å². The molecule has 3 N–H and O–H groups in total. The van der Waals surface area contributed by atoms with Crippen molar-refractivity contribution in [2.75, 3.05) is 18.8 Å². The van der Waals surface area contributed by atoms with Gasteiger partial charge in [-0.25, -0.2) is 13.6 Å². The van der Waals surface area contributed by atoms with Gasteiger partial charge in [0.2, 0.25) is 10.0 Å². The van der Waals surface area contributed by atoms with Gasteiger partial charge in [-0.15, -0.1) is 0 Å².